The summed E-state index contributed by atoms with van der Waals surface area (Å²) in [7, 11) is 1.51. The Hall–Kier alpha value is -2.27. The minimum atomic E-state index is -0.658. The monoisotopic (exact) mass is 310 g/mol. The fourth-order valence-electron chi connectivity index (χ4n) is 4.30. The van der Waals surface area contributed by atoms with Gasteiger partial charge in [0.15, 0.2) is 5.78 Å². The molecule has 0 radical (unpaired) electrons. The first-order valence-corrected chi connectivity index (χ1v) is 7.81. The number of hydrogen-bond donors (Lipinski definition) is 1. The van der Waals surface area contributed by atoms with E-state index < -0.39 is 23.4 Å². The van der Waals surface area contributed by atoms with Crippen molar-refractivity contribution in [1.29, 1.82) is 0 Å². The summed E-state index contributed by atoms with van der Waals surface area (Å²) in [6.45, 7) is 2.02. The minimum absolute atomic E-state index is 0.117. The number of carbonyl (C=O) groups is 3. The predicted molar refractivity (Wildman–Crippen MR) is 83.4 cm³/mol. The van der Waals surface area contributed by atoms with Crippen LogP contribution in [0.2, 0.25) is 0 Å². The quantitative estimate of drug-likeness (QED) is 0.813. The van der Waals surface area contributed by atoms with Gasteiger partial charge in [-0.1, -0.05) is 35.9 Å². The molecule has 23 heavy (non-hydrogen) atoms. The SMILES string of the molecule is Cc1cccc(CC23C=CC(=O)C(N2)C2C(=O)N(C)C(=O)C23)c1. The molecule has 0 spiro atoms. The summed E-state index contributed by atoms with van der Waals surface area (Å²) >= 11 is 0. The second kappa shape index (κ2) is 4.61. The molecule has 4 rings (SSSR count). The summed E-state index contributed by atoms with van der Waals surface area (Å²) < 4.78 is 0. The summed E-state index contributed by atoms with van der Waals surface area (Å²) in [5.74, 6) is -1.65. The number of amides is 2. The Kier molecular flexibility index (Phi) is 2.87. The number of benzene rings is 1. The molecule has 5 heteroatoms. The fraction of sp³-hybridized carbons (Fsp3) is 0.389. The molecule has 1 aromatic rings. The molecular weight excluding hydrogens is 292 g/mol. The summed E-state index contributed by atoms with van der Waals surface area (Å²) in [6, 6.07) is 7.51. The van der Waals surface area contributed by atoms with Crippen molar-refractivity contribution < 1.29 is 14.4 Å². The number of nitrogens with one attached hydrogen (secondary N) is 1. The maximum atomic E-state index is 12.6. The standard InChI is InChI=1S/C18H18N2O3/c1-10-4-3-5-11(8-10)9-18-7-6-12(21)15(19-18)13-14(18)17(23)20(2)16(13)22/h3-8,13-15,19H,9H2,1-2H3. The molecule has 2 bridgehead atoms. The van der Waals surface area contributed by atoms with Crippen LogP contribution in [0.1, 0.15) is 11.1 Å². The van der Waals surface area contributed by atoms with Crippen molar-refractivity contribution in [3.05, 3.63) is 47.5 Å². The number of carbonyl (C=O) groups excluding carboxylic acids is 3. The highest BCUT2D eigenvalue weighted by Crippen LogP contribution is 2.46. The van der Waals surface area contributed by atoms with Gasteiger partial charge in [-0.3, -0.25) is 24.6 Å². The van der Waals surface area contributed by atoms with Gasteiger partial charge in [-0.05, 0) is 25.0 Å². The lowest BCUT2D eigenvalue weighted by molar-refractivity contribution is -0.140. The van der Waals surface area contributed by atoms with E-state index in [4.69, 9.17) is 0 Å². The molecule has 1 N–H and O–H groups in total. The number of aryl methyl sites for hydroxylation is 1. The van der Waals surface area contributed by atoms with Crippen LogP contribution in [-0.2, 0) is 20.8 Å². The van der Waals surface area contributed by atoms with Gasteiger partial charge in [0.2, 0.25) is 11.8 Å². The Morgan fingerprint density at radius 2 is 2.00 bits per heavy atom. The van der Waals surface area contributed by atoms with Crippen LogP contribution in [-0.4, -0.2) is 41.1 Å². The average Bonchev–Trinajstić information content (AvgIpc) is 2.92. The maximum absolute atomic E-state index is 12.6. The third-order valence-electron chi connectivity index (χ3n) is 5.34. The maximum Gasteiger partial charge on any atom is 0.235 e. The van der Waals surface area contributed by atoms with Crippen LogP contribution in [0.15, 0.2) is 36.4 Å². The smallest absolute Gasteiger partial charge is 0.235 e. The van der Waals surface area contributed by atoms with E-state index in [1.165, 1.54) is 18.0 Å². The Balaban J connectivity index is 1.80. The van der Waals surface area contributed by atoms with Gasteiger partial charge in [-0.15, -0.1) is 0 Å². The molecule has 118 valence electrons. The fourth-order valence-corrected chi connectivity index (χ4v) is 4.30. The molecule has 0 aromatic heterocycles. The summed E-state index contributed by atoms with van der Waals surface area (Å²) in [6.07, 6.45) is 3.92. The molecule has 0 saturated carbocycles. The molecule has 5 nitrogen and oxygen atoms in total. The molecule has 3 aliphatic heterocycles. The zero-order chi connectivity index (χ0) is 16.4. The summed E-state index contributed by atoms with van der Waals surface area (Å²) in [4.78, 5) is 38.4. The van der Waals surface area contributed by atoms with E-state index in [0.717, 1.165) is 11.1 Å². The zero-order valence-electron chi connectivity index (χ0n) is 13.1. The largest absolute Gasteiger partial charge is 0.296 e. The number of rotatable bonds is 2. The number of nitrogens with zero attached hydrogens (tertiary/aromatic N) is 1. The van der Waals surface area contributed by atoms with Crippen molar-refractivity contribution in [2.45, 2.75) is 24.9 Å². The van der Waals surface area contributed by atoms with Gasteiger partial charge in [0.1, 0.15) is 0 Å². The van der Waals surface area contributed by atoms with Crippen LogP contribution in [0.3, 0.4) is 0 Å². The Morgan fingerprint density at radius 1 is 1.22 bits per heavy atom. The normalized spacial score (nSPS) is 35.1. The van der Waals surface area contributed by atoms with Gasteiger partial charge in [0.25, 0.3) is 0 Å². The second-order valence-corrected chi connectivity index (χ2v) is 6.80. The number of ketones is 1. The Labute approximate surface area is 134 Å². The predicted octanol–water partition coefficient (Wildman–Crippen LogP) is 0.618. The first-order valence-electron chi connectivity index (χ1n) is 7.81. The second-order valence-electron chi connectivity index (χ2n) is 6.80. The average molecular weight is 310 g/mol. The van der Waals surface area contributed by atoms with E-state index in [2.05, 4.69) is 11.4 Å². The van der Waals surface area contributed by atoms with Gasteiger partial charge in [-0.25, -0.2) is 0 Å². The summed E-state index contributed by atoms with van der Waals surface area (Å²) in [5.41, 5.74) is 1.58. The summed E-state index contributed by atoms with van der Waals surface area (Å²) in [5, 5.41) is 3.30. The van der Waals surface area contributed by atoms with Crippen molar-refractivity contribution in [3.8, 4) is 0 Å². The van der Waals surface area contributed by atoms with Crippen molar-refractivity contribution in [2.24, 2.45) is 11.8 Å². The van der Waals surface area contributed by atoms with E-state index in [1.807, 2.05) is 25.1 Å². The molecule has 3 heterocycles. The van der Waals surface area contributed by atoms with Gasteiger partial charge < -0.3 is 0 Å². The van der Waals surface area contributed by atoms with E-state index in [9.17, 15) is 14.4 Å². The third-order valence-corrected chi connectivity index (χ3v) is 5.34. The van der Waals surface area contributed by atoms with Gasteiger partial charge in [0, 0.05) is 7.05 Å². The minimum Gasteiger partial charge on any atom is -0.296 e. The number of imide groups is 1. The van der Waals surface area contributed by atoms with E-state index in [0.29, 0.717) is 6.42 Å². The van der Waals surface area contributed by atoms with Crippen LogP contribution in [0, 0.1) is 18.8 Å². The lowest BCUT2D eigenvalue weighted by atomic mass is 9.77. The third kappa shape index (κ3) is 1.86. The molecule has 3 aliphatic rings. The highest BCUT2D eigenvalue weighted by molar-refractivity contribution is 6.11. The first-order chi connectivity index (χ1) is 10.9. The van der Waals surface area contributed by atoms with Gasteiger partial charge in [0.05, 0.1) is 23.4 Å². The highest BCUT2D eigenvalue weighted by atomic mass is 16.2. The molecule has 4 unspecified atom stereocenters. The van der Waals surface area contributed by atoms with Crippen molar-refractivity contribution in [1.82, 2.24) is 10.2 Å². The number of likely N-dealkylation sites (tertiary alicyclic amines) is 1. The van der Waals surface area contributed by atoms with Crippen molar-refractivity contribution in [3.63, 3.8) is 0 Å². The van der Waals surface area contributed by atoms with E-state index >= 15 is 0 Å². The Bertz CT molecular complexity index is 769. The molecule has 1 aromatic carbocycles. The Morgan fingerprint density at radius 3 is 2.74 bits per heavy atom. The van der Waals surface area contributed by atoms with Crippen LogP contribution in [0.5, 0.6) is 0 Å². The molecule has 4 atom stereocenters. The first kappa shape index (κ1) is 14.3. The number of hydrogen-bond acceptors (Lipinski definition) is 4. The molecule has 2 saturated heterocycles. The molecule has 2 amide bonds. The van der Waals surface area contributed by atoms with E-state index in [-0.39, 0.29) is 17.6 Å². The topological polar surface area (TPSA) is 66.5 Å². The van der Waals surface area contributed by atoms with Gasteiger partial charge >= 0.3 is 0 Å². The van der Waals surface area contributed by atoms with E-state index in [1.54, 1.807) is 6.08 Å². The van der Waals surface area contributed by atoms with Crippen molar-refractivity contribution >= 4 is 17.6 Å². The van der Waals surface area contributed by atoms with Crippen molar-refractivity contribution in [2.75, 3.05) is 7.05 Å². The van der Waals surface area contributed by atoms with Crippen LogP contribution in [0.25, 0.3) is 0 Å². The van der Waals surface area contributed by atoms with Gasteiger partial charge in [-0.2, -0.15) is 0 Å². The highest BCUT2D eigenvalue weighted by Gasteiger charge is 2.66. The molecule has 0 aliphatic carbocycles. The lowest BCUT2D eigenvalue weighted by Crippen LogP contribution is -2.54. The van der Waals surface area contributed by atoms with Crippen LogP contribution in [0.4, 0.5) is 0 Å². The zero-order valence-corrected chi connectivity index (χ0v) is 13.1. The van der Waals surface area contributed by atoms with Crippen LogP contribution >= 0.6 is 0 Å². The molecular formula is C18H18N2O3. The lowest BCUT2D eigenvalue weighted by Gasteiger charge is -2.34. The molecule has 2 fully saturated rings. The number of fused-ring (bicyclic) bond motifs is 5. The van der Waals surface area contributed by atoms with Crippen LogP contribution < -0.4 is 5.32 Å².